The number of rotatable bonds is 1. The Labute approximate surface area is 62.9 Å². The van der Waals surface area contributed by atoms with E-state index in [9.17, 15) is 0 Å². The predicted octanol–water partition coefficient (Wildman–Crippen LogP) is 0.178. The molecule has 0 amide bonds. The molecule has 2 aromatic heterocycles. The standard InChI is InChI=1S/C6H7N5/c7-5-8-6(10-9-5)11-3-1-2-4-11/h1-4H,(H3,7,8,9,10). The smallest absolute Gasteiger partial charge is 0.254 e. The van der Waals surface area contributed by atoms with Gasteiger partial charge in [0.15, 0.2) is 0 Å². The summed E-state index contributed by atoms with van der Waals surface area (Å²) < 4.78 is 1.77. The van der Waals surface area contributed by atoms with E-state index in [1.807, 2.05) is 24.5 Å². The SMILES string of the molecule is Nc1nc(-n2cccc2)n[nH]1. The molecule has 0 spiro atoms. The zero-order valence-corrected chi connectivity index (χ0v) is 5.73. The van der Waals surface area contributed by atoms with Crippen LogP contribution in [0.25, 0.3) is 5.95 Å². The Balaban J connectivity index is 2.45. The van der Waals surface area contributed by atoms with E-state index in [1.54, 1.807) is 4.57 Å². The molecule has 0 unspecified atom stereocenters. The third-order valence-corrected chi connectivity index (χ3v) is 1.33. The fourth-order valence-electron chi connectivity index (χ4n) is 0.848. The molecule has 0 saturated heterocycles. The monoisotopic (exact) mass is 149 g/mol. The number of hydrogen-bond acceptors (Lipinski definition) is 3. The van der Waals surface area contributed by atoms with Crippen molar-refractivity contribution in [3.8, 4) is 5.95 Å². The number of aromatic nitrogens is 4. The average Bonchev–Trinajstić information content (AvgIpc) is 2.55. The molecule has 2 aromatic rings. The van der Waals surface area contributed by atoms with E-state index in [-0.39, 0.29) is 0 Å². The summed E-state index contributed by atoms with van der Waals surface area (Å²) in [4.78, 5) is 3.93. The number of hydrogen-bond donors (Lipinski definition) is 2. The van der Waals surface area contributed by atoms with Gasteiger partial charge in [-0.3, -0.25) is 4.57 Å². The van der Waals surface area contributed by atoms with Crippen molar-refractivity contribution in [3.63, 3.8) is 0 Å². The van der Waals surface area contributed by atoms with Crippen LogP contribution in [0.15, 0.2) is 24.5 Å². The van der Waals surface area contributed by atoms with Gasteiger partial charge in [-0.25, -0.2) is 5.10 Å². The lowest BCUT2D eigenvalue weighted by Gasteiger charge is -1.90. The fraction of sp³-hybridized carbons (Fsp3) is 0. The van der Waals surface area contributed by atoms with Crippen LogP contribution >= 0.6 is 0 Å². The normalized spacial score (nSPS) is 10.2. The van der Waals surface area contributed by atoms with Gasteiger partial charge in [-0.1, -0.05) is 0 Å². The Bertz CT molecular complexity index is 333. The third kappa shape index (κ3) is 0.958. The Morgan fingerprint density at radius 3 is 2.64 bits per heavy atom. The van der Waals surface area contributed by atoms with Crippen LogP contribution in [-0.4, -0.2) is 19.7 Å². The van der Waals surface area contributed by atoms with E-state index in [4.69, 9.17) is 5.73 Å². The molecule has 56 valence electrons. The zero-order valence-electron chi connectivity index (χ0n) is 5.73. The van der Waals surface area contributed by atoms with Crippen molar-refractivity contribution in [2.24, 2.45) is 0 Å². The molecule has 11 heavy (non-hydrogen) atoms. The quantitative estimate of drug-likeness (QED) is 0.607. The van der Waals surface area contributed by atoms with Gasteiger partial charge in [0.25, 0.3) is 5.95 Å². The van der Waals surface area contributed by atoms with Crippen molar-refractivity contribution in [1.82, 2.24) is 19.7 Å². The number of nitrogens with zero attached hydrogens (tertiary/aromatic N) is 3. The molecule has 5 heteroatoms. The first-order valence-electron chi connectivity index (χ1n) is 3.17. The van der Waals surface area contributed by atoms with Crippen molar-refractivity contribution in [2.75, 3.05) is 5.73 Å². The van der Waals surface area contributed by atoms with Crippen LogP contribution in [0.4, 0.5) is 5.95 Å². The highest BCUT2D eigenvalue weighted by Gasteiger charge is 1.98. The third-order valence-electron chi connectivity index (χ3n) is 1.33. The van der Waals surface area contributed by atoms with E-state index in [1.165, 1.54) is 0 Å². The average molecular weight is 149 g/mol. The second-order valence-corrected chi connectivity index (χ2v) is 2.11. The van der Waals surface area contributed by atoms with Crippen molar-refractivity contribution in [3.05, 3.63) is 24.5 Å². The van der Waals surface area contributed by atoms with E-state index in [2.05, 4.69) is 15.2 Å². The van der Waals surface area contributed by atoms with Gasteiger partial charge in [0.05, 0.1) is 0 Å². The second kappa shape index (κ2) is 2.12. The summed E-state index contributed by atoms with van der Waals surface area (Å²) in [6.45, 7) is 0. The molecule has 0 aliphatic carbocycles. The number of H-pyrrole nitrogens is 1. The molecule has 0 atom stereocenters. The Kier molecular flexibility index (Phi) is 1.15. The lowest BCUT2D eigenvalue weighted by Crippen LogP contribution is -1.92. The maximum absolute atomic E-state index is 5.34. The van der Waals surface area contributed by atoms with E-state index < -0.39 is 0 Å². The molecule has 0 aliphatic rings. The van der Waals surface area contributed by atoms with Crippen molar-refractivity contribution < 1.29 is 0 Å². The fourth-order valence-corrected chi connectivity index (χ4v) is 0.848. The molecule has 2 rings (SSSR count). The van der Waals surface area contributed by atoms with Crippen molar-refractivity contribution in [1.29, 1.82) is 0 Å². The van der Waals surface area contributed by atoms with Crippen LogP contribution in [0.2, 0.25) is 0 Å². The summed E-state index contributed by atoms with van der Waals surface area (Å²) >= 11 is 0. The highest BCUT2D eigenvalue weighted by Crippen LogP contribution is 2.00. The molecule has 0 aliphatic heterocycles. The molecule has 3 N–H and O–H groups in total. The maximum atomic E-state index is 5.34. The summed E-state index contributed by atoms with van der Waals surface area (Å²) in [5, 5.41) is 6.41. The highest BCUT2D eigenvalue weighted by atomic mass is 15.3. The van der Waals surface area contributed by atoms with Gasteiger partial charge in [-0.05, 0) is 12.1 Å². The number of nitrogens with two attached hydrogens (primary N) is 1. The van der Waals surface area contributed by atoms with E-state index >= 15 is 0 Å². The topological polar surface area (TPSA) is 72.5 Å². The summed E-state index contributed by atoms with van der Waals surface area (Å²) in [5.74, 6) is 0.890. The molecular weight excluding hydrogens is 142 g/mol. The van der Waals surface area contributed by atoms with Gasteiger partial charge >= 0.3 is 0 Å². The predicted molar refractivity (Wildman–Crippen MR) is 40.1 cm³/mol. The van der Waals surface area contributed by atoms with Gasteiger partial charge in [-0.15, -0.1) is 5.10 Å². The molecule has 0 fully saturated rings. The molecule has 0 saturated carbocycles. The summed E-state index contributed by atoms with van der Waals surface area (Å²) in [6, 6.07) is 3.79. The largest absolute Gasteiger partial charge is 0.368 e. The lowest BCUT2D eigenvalue weighted by atomic mass is 10.7. The highest BCUT2D eigenvalue weighted by molar-refractivity contribution is 5.21. The molecule has 2 heterocycles. The second-order valence-electron chi connectivity index (χ2n) is 2.11. The maximum Gasteiger partial charge on any atom is 0.254 e. The van der Waals surface area contributed by atoms with Crippen LogP contribution < -0.4 is 5.73 Å². The molecule has 5 nitrogen and oxygen atoms in total. The van der Waals surface area contributed by atoms with Gasteiger partial charge in [0, 0.05) is 12.4 Å². The van der Waals surface area contributed by atoms with Crippen LogP contribution in [0, 0.1) is 0 Å². The summed E-state index contributed by atoms with van der Waals surface area (Å²) in [5.41, 5.74) is 5.34. The van der Waals surface area contributed by atoms with Gasteiger partial charge in [0.1, 0.15) is 0 Å². The molecule has 0 aromatic carbocycles. The van der Waals surface area contributed by atoms with Crippen LogP contribution in [0.1, 0.15) is 0 Å². The summed E-state index contributed by atoms with van der Waals surface area (Å²) in [7, 11) is 0. The zero-order chi connectivity index (χ0) is 7.68. The summed E-state index contributed by atoms with van der Waals surface area (Å²) in [6.07, 6.45) is 3.70. The Morgan fingerprint density at radius 2 is 2.09 bits per heavy atom. The first-order chi connectivity index (χ1) is 5.36. The number of nitrogens with one attached hydrogen (secondary N) is 1. The number of anilines is 1. The Morgan fingerprint density at radius 1 is 1.36 bits per heavy atom. The van der Waals surface area contributed by atoms with Crippen molar-refractivity contribution >= 4 is 5.95 Å². The van der Waals surface area contributed by atoms with E-state index in [0.717, 1.165) is 0 Å². The van der Waals surface area contributed by atoms with Crippen molar-refractivity contribution in [2.45, 2.75) is 0 Å². The van der Waals surface area contributed by atoms with Gasteiger partial charge in [-0.2, -0.15) is 4.98 Å². The van der Waals surface area contributed by atoms with E-state index in [0.29, 0.717) is 11.9 Å². The minimum Gasteiger partial charge on any atom is -0.368 e. The van der Waals surface area contributed by atoms with Crippen LogP contribution in [0.5, 0.6) is 0 Å². The number of aromatic amines is 1. The lowest BCUT2D eigenvalue weighted by molar-refractivity contribution is 0.941. The minimum atomic E-state index is 0.328. The molecule has 0 radical (unpaired) electrons. The van der Waals surface area contributed by atoms with Crippen LogP contribution in [0.3, 0.4) is 0 Å². The molecule has 0 bridgehead atoms. The minimum absolute atomic E-state index is 0.328. The van der Waals surface area contributed by atoms with Gasteiger partial charge < -0.3 is 5.73 Å². The van der Waals surface area contributed by atoms with Crippen LogP contribution in [-0.2, 0) is 0 Å². The Hall–Kier alpha value is -1.78. The molecular formula is C6H7N5. The first kappa shape index (κ1) is 5.96. The van der Waals surface area contributed by atoms with Gasteiger partial charge in [0.2, 0.25) is 5.95 Å². The first-order valence-corrected chi connectivity index (χ1v) is 3.17. The number of nitrogen functional groups attached to an aromatic ring is 1.